The Labute approximate surface area is 222 Å². The summed E-state index contributed by atoms with van der Waals surface area (Å²) in [6.45, 7) is 2.19. The maximum Gasteiger partial charge on any atom is 0.295 e. The summed E-state index contributed by atoms with van der Waals surface area (Å²) in [6, 6.07) is 15.7. The van der Waals surface area contributed by atoms with E-state index < -0.39 is 17.7 Å². The van der Waals surface area contributed by atoms with E-state index >= 15 is 0 Å². The van der Waals surface area contributed by atoms with Gasteiger partial charge in [0.2, 0.25) is 0 Å². The minimum atomic E-state index is -0.928. The number of amides is 1. The molecule has 1 aliphatic heterocycles. The lowest BCUT2D eigenvalue weighted by Crippen LogP contribution is -2.29. The number of aliphatic hydroxyl groups excluding tert-OH is 1. The molecule has 1 heterocycles. The fraction of sp³-hybridized carbons (Fsp3) is 0.214. The van der Waals surface area contributed by atoms with E-state index in [0.717, 1.165) is 5.56 Å². The third-order valence-corrected chi connectivity index (χ3v) is 6.70. The molecule has 0 aliphatic carbocycles. The minimum Gasteiger partial charge on any atom is -0.507 e. The normalized spacial score (nSPS) is 16.6. The fourth-order valence-electron chi connectivity index (χ4n) is 4.26. The van der Waals surface area contributed by atoms with E-state index in [4.69, 9.17) is 14.2 Å². The number of rotatable bonds is 8. The van der Waals surface area contributed by atoms with Crippen LogP contribution in [-0.4, -0.2) is 47.6 Å². The molecule has 0 aromatic heterocycles. The van der Waals surface area contributed by atoms with Crippen LogP contribution in [0, 0.1) is 0 Å². The van der Waals surface area contributed by atoms with Crippen molar-refractivity contribution in [2.75, 3.05) is 20.8 Å². The van der Waals surface area contributed by atoms with Crippen LogP contribution in [0.1, 0.15) is 29.7 Å². The Morgan fingerprint density at radius 3 is 2.32 bits per heavy atom. The highest BCUT2D eigenvalue weighted by atomic mass is 79.9. The first-order valence-corrected chi connectivity index (χ1v) is 12.3. The van der Waals surface area contributed by atoms with Crippen LogP contribution in [0.25, 0.3) is 5.76 Å². The number of likely N-dealkylation sites (tertiary alicyclic amines) is 1. The van der Waals surface area contributed by atoms with Crippen LogP contribution in [0.5, 0.6) is 23.0 Å². The van der Waals surface area contributed by atoms with Crippen molar-refractivity contribution in [2.45, 2.75) is 19.5 Å². The summed E-state index contributed by atoms with van der Waals surface area (Å²) < 4.78 is 16.6. The second-order valence-electron chi connectivity index (χ2n) is 8.28. The summed E-state index contributed by atoms with van der Waals surface area (Å²) in [7, 11) is 3.08. The molecule has 4 rings (SSSR count). The third kappa shape index (κ3) is 5.13. The number of phenolic OH excluding ortho intramolecular Hbond substituents is 1. The van der Waals surface area contributed by atoms with Gasteiger partial charge in [0.05, 0.1) is 36.9 Å². The van der Waals surface area contributed by atoms with Crippen LogP contribution < -0.4 is 14.2 Å². The molecule has 1 amide bonds. The number of nitrogens with zero attached hydrogens (tertiary/aromatic N) is 1. The van der Waals surface area contributed by atoms with Crippen molar-refractivity contribution in [3.8, 4) is 23.0 Å². The van der Waals surface area contributed by atoms with Crippen LogP contribution in [0.4, 0.5) is 0 Å². The first-order valence-electron chi connectivity index (χ1n) is 11.5. The van der Waals surface area contributed by atoms with Gasteiger partial charge in [0.1, 0.15) is 17.3 Å². The van der Waals surface area contributed by atoms with Crippen LogP contribution in [-0.2, 0) is 16.1 Å². The van der Waals surface area contributed by atoms with Crippen molar-refractivity contribution in [3.63, 3.8) is 0 Å². The molecule has 1 atom stereocenters. The number of Topliss-reactive ketones (excluding diaryl/α,β-unsaturated/α-hetero) is 1. The van der Waals surface area contributed by atoms with E-state index in [1.807, 2.05) is 0 Å². The number of methoxy groups -OCH3 is 2. The minimum absolute atomic E-state index is 0.0660. The van der Waals surface area contributed by atoms with Crippen molar-refractivity contribution >= 4 is 33.4 Å². The zero-order valence-electron chi connectivity index (χ0n) is 20.5. The lowest BCUT2D eigenvalue weighted by Gasteiger charge is -2.26. The van der Waals surface area contributed by atoms with Gasteiger partial charge in [0.25, 0.3) is 11.7 Å². The molecule has 1 unspecified atom stereocenters. The molecular formula is C28H26BrNO7. The quantitative estimate of drug-likeness (QED) is 0.219. The monoisotopic (exact) mass is 567 g/mol. The predicted molar refractivity (Wildman–Crippen MR) is 141 cm³/mol. The zero-order chi connectivity index (χ0) is 26.7. The Balaban J connectivity index is 1.87. The van der Waals surface area contributed by atoms with Crippen molar-refractivity contribution < 1.29 is 34.0 Å². The van der Waals surface area contributed by atoms with Gasteiger partial charge in [0, 0.05) is 12.1 Å². The zero-order valence-corrected chi connectivity index (χ0v) is 22.1. The van der Waals surface area contributed by atoms with Crippen LogP contribution in [0.15, 0.2) is 70.7 Å². The molecule has 0 saturated carbocycles. The molecule has 1 fully saturated rings. The summed E-state index contributed by atoms with van der Waals surface area (Å²) in [5.74, 6) is -0.538. The highest BCUT2D eigenvalue weighted by Crippen LogP contribution is 2.43. The molecule has 0 bridgehead atoms. The molecule has 2 N–H and O–H groups in total. The van der Waals surface area contributed by atoms with E-state index in [2.05, 4.69) is 15.9 Å². The topological polar surface area (TPSA) is 106 Å². The highest BCUT2D eigenvalue weighted by molar-refractivity contribution is 9.10. The molecule has 192 valence electrons. The van der Waals surface area contributed by atoms with Gasteiger partial charge in [-0.2, -0.15) is 0 Å². The lowest BCUT2D eigenvalue weighted by molar-refractivity contribution is -0.140. The molecule has 37 heavy (non-hydrogen) atoms. The van der Waals surface area contributed by atoms with E-state index in [9.17, 15) is 19.8 Å². The molecule has 3 aromatic rings. The van der Waals surface area contributed by atoms with E-state index in [1.54, 1.807) is 68.6 Å². The molecule has 9 heteroatoms. The number of hydrogen-bond acceptors (Lipinski definition) is 7. The van der Waals surface area contributed by atoms with E-state index in [-0.39, 0.29) is 29.4 Å². The molecule has 8 nitrogen and oxygen atoms in total. The summed E-state index contributed by atoms with van der Waals surface area (Å²) in [6.07, 6.45) is 0. The van der Waals surface area contributed by atoms with Gasteiger partial charge in [-0.25, -0.2) is 0 Å². The first-order chi connectivity index (χ1) is 17.8. The van der Waals surface area contributed by atoms with Gasteiger partial charge >= 0.3 is 0 Å². The van der Waals surface area contributed by atoms with E-state index in [1.165, 1.54) is 18.1 Å². The molecule has 3 aromatic carbocycles. The Bertz CT molecular complexity index is 1370. The Morgan fingerprint density at radius 2 is 1.70 bits per heavy atom. The van der Waals surface area contributed by atoms with Crippen molar-refractivity contribution in [1.82, 2.24) is 4.90 Å². The number of phenols is 1. The van der Waals surface area contributed by atoms with Gasteiger partial charge < -0.3 is 29.3 Å². The average Bonchev–Trinajstić information content (AvgIpc) is 3.15. The highest BCUT2D eigenvalue weighted by Gasteiger charge is 2.46. The number of hydrogen-bond donors (Lipinski definition) is 2. The average molecular weight is 568 g/mol. The van der Waals surface area contributed by atoms with Crippen molar-refractivity contribution in [3.05, 3.63) is 87.4 Å². The molecular weight excluding hydrogens is 542 g/mol. The fourth-order valence-corrected chi connectivity index (χ4v) is 4.80. The number of carbonyl (C=O) groups excluding carboxylic acids is 2. The molecule has 1 aliphatic rings. The van der Waals surface area contributed by atoms with Crippen molar-refractivity contribution in [2.24, 2.45) is 0 Å². The summed E-state index contributed by atoms with van der Waals surface area (Å²) in [4.78, 5) is 28.0. The van der Waals surface area contributed by atoms with Crippen LogP contribution >= 0.6 is 15.9 Å². The standard InChI is InChI=1S/C28H26BrNO7/c1-4-37-23-14-17(7-11-21(23)31)25-24(26(32)18-8-12-22(36-3)20(29)13-18)27(33)28(34)30(25)15-16-5-9-19(35-2)10-6-16/h5-14,25,31-32H,4,15H2,1-3H3/b26-24-. The van der Waals surface area contributed by atoms with E-state index in [0.29, 0.717) is 33.7 Å². The Morgan fingerprint density at radius 1 is 0.973 bits per heavy atom. The van der Waals surface area contributed by atoms with Crippen LogP contribution in [0.3, 0.4) is 0 Å². The lowest BCUT2D eigenvalue weighted by atomic mass is 9.94. The number of carbonyl (C=O) groups is 2. The Kier molecular flexibility index (Phi) is 7.73. The maximum absolute atomic E-state index is 13.3. The first kappa shape index (κ1) is 26.1. The largest absolute Gasteiger partial charge is 0.507 e. The predicted octanol–water partition coefficient (Wildman–Crippen LogP) is 5.19. The van der Waals surface area contributed by atoms with Crippen molar-refractivity contribution in [1.29, 1.82) is 0 Å². The van der Waals surface area contributed by atoms with Gasteiger partial charge in [0.15, 0.2) is 11.5 Å². The number of ketones is 1. The number of halogens is 1. The van der Waals surface area contributed by atoms with Gasteiger partial charge in [-0.3, -0.25) is 9.59 Å². The maximum atomic E-state index is 13.3. The SMILES string of the molecule is CCOc1cc(C2/C(=C(/O)c3ccc(OC)c(Br)c3)C(=O)C(=O)N2Cc2ccc(OC)cc2)ccc1O. The second-order valence-corrected chi connectivity index (χ2v) is 9.14. The van der Waals surface area contributed by atoms with Gasteiger partial charge in [-0.1, -0.05) is 18.2 Å². The molecule has 0 radical (unpaired) electrons. The summed E-state index contributed by atoms with van der Waals surface area (Å²) >= 11 is 3.40. The number of aromatic hydroxyl groups is 1. The molecule has 1 saturated heterocycles. The number of benzene rings is 3. The molecule has 0 spiro atoms. The summed E-state index contributed by atoms with van der Waals surface area (Å²) in [5.41, 5.74) is 1.54. The Hall–Kier alpha value is -3.98. The number of ether oxygens (including phenoxy) is 3. The smallest absolute Gasteiger partial charge is 0.295 e. The second kappa shape index (κ2) is 11.0. The van der Waals surface area contributed by atoms with Crippen LogP contribution in [0.2, 0.25) is 0 Å². The third-order valence-electron chi connectivity index (χ3n) is 6.08. The van der Waals surface area contributed by atoms with Gasteiger partial charge in [-0.05, 0) is 76.4 Å². The number of aliphatic hydroxyl groups is 1. The summed E-state index contributed by atoms with van der Waals surface area (Å²) in [5, 5.41) is 21.6. The van der Waals surface area contributed by atoms with Gasteiger partial charge in [-0.15, -0.1) is 0 Å².